The molecule has 3 aromatic rings. The molecule has 0 radical (unpaired) electrons. The van der Waals surface area contributed by atoms with Crippen molar-refractivity contribution in [1.82, 2.24) is 0 Å². The molecule has 0 spiro atoms. The lowest BCUT2D eigenvalue weighted by atomic mass is 10.1. The van der Waals surface area contributed by atoms with Crippen LogP contribution in [0.1, 0.15) is 11.1 Å². The lowest BCUT2D eigenvalue weighted by Crippen LogP contribution is -3.13. The van der Waals surface area contributed by atoms with Crippen LogP contribution in [0, 0.1) is 6.92 Å². The molecule has 1 fully saturated rings. The Bertz CT molecular complexity index is 1040. The zero-order valence-electron chi connectivity index (χ0n) is 15.2. The van der Waals surface area contributed by atoms with E-state index in [-0.39, 0.29) is 5.75 Å². The maximum Gasteiger partial charge on any atom is 0.336 e. The zero-order valence-corrected chi connectivity index (χ0v) is 15.2. The molecule has 4 rings (SSSR count). The fourth-order valence-corrected chi connectivity index (χ4v) is 3.80. The lowest BCUT2D eigenvalue weighted by Gasteiger charge is -2.34. The maximum absolute atomic E-state index is 12.0. The molecule has 0 atom stereocenters. The average molecular weight is 367 g/mol. The Labute approximate surface area is 156 Å². The standard InChI is InChI=1S/C21H22N2O4/c1-14-18(24)7-6-16-15(12-20(26)27-21(14)16)13-22-8-10-23(11-9-22)17-4-2-3-5-19(17)25/h2-7,12,24-25H,8-11,13H2,1H3/p+1. The monoisotopic (exact) mass is 367 g/mol. The van der Waals surface area contributed by atoms with Crippen molar-refractivity contribution >= 4 is 16.7 Å². The molecule has 0 amide bonds. The van der Waals surface area contributed by atoms with Gasteiger partial charge in [-0.15, -0.1) is 0 Å². The lowest BCUT2D eigenvalue weighted by molar-refractivity contribution is -0.914. The number of benzene rings is 2. The van der Waals surface area contributed by atoms with E-state index in [4.69, 9.17) is 4.42 Å². The van der Waals surface area contributed by atoms with E-state index >= 15 is 0 Å². The Hall–Kier alpha value is -2.99. The number of nitrogens with zero attached hydrogens (tertiary/aromatic N) is 1. The topological polar surface area (TPSA) is 78.4 Å². The second-order valence-electron chi connectivity index (χ2n) is 7.08. The van der Waals surface area contributed by atoms with Gasteiger partial charge in [0, 0.05) is 22.6 Å². The van der Waals surface area contributed by atoms with Crippen molar-refractivity contribution in [3.8, 4) is 11.5 Å². The van der Waals surface area contributed by atoms with Gasteiger partial charge in [-0.05, 0) is 31.2 Å². The van der Waals surface area contributed by atoms with Crippen LogP contribution in [0.5, 0.6) is 11.5 Å². The highest BCUT2D eigenvalue weighted by Crippen LogP contribution is 2.28. The van der Waals surface area contributed by atoms with Crippen molar-refractivity contribution in [2.45, 2.75) is 13.5 Å². The summed E-state index contributed by atoms with van der Waals surface area (Å²) in [6.45, 7) is 5.97. The minimum atomic E-state index is -0.390. The Morgan fingerprint density at radius 1 is 1.07 bits per heavy atom. The predicted octanol–water partition coefficient (Wildman–Crippen LogP) is 1.42. The van der Waals surface area contributed by atoms with Crippen LogP contribution in [0.25, 0.3) is 11.0 Å². The average Bonchev–Trinajstić information content (AvgIpc) is 2.66. The van der Waals surface area contributed by atoms with Gasteiger partial charge < -0.3 is 24.4 Å². The molecule has 0 bridgehead atoms. The quantitative estimate of drug-likeness (QED) is 0.610. The second-order valence-corrected chi connectivity index (χ2v) is 7.08. The molecule has 1 aromatic heterocycles. The van der Waals surface area contributed by atoms with Crippen LogP contribution in [0.15, 0.2) is 51.7 Å². The van der Waals surface area contributed by atoms with Crippen LogP contribution in [0.4, 0.5) is 5.69 Å². The minimum Gasteiger partial charge on any atom is -0.508 e. The summed E-state index contributed by atoms with van der Waals surface area (Å²) in [6, 6.07) is 12.4. The summed E-state index contributed by atoms with van der Waals surface area (Å²) in [4.78, 5) is 15.6. The van der Waals surface area contributed by atoms with E-state index in [1.807, 2.05) is 24.3 Å². The van der Waals surface area contributed by atoms with Crippen molar-refractivity contribution in [3.05, 3.63) is 64.0 Å². The normalized spacial score (nSPS) is 15.4. The fraction of sp³-hybridized carbons (Fsp3) is 0.286. The number of piperazine rings is 1. The molecule has 6 heteroatoms. The van der Waals surface area contributed by atoms with Crippen molar-refractivity contribution in [1.29, 1.82) is 0 Å². The molecule has 1 saturated heterocycles. The first-order chi connectivity index (χ1) is 13.0. The highest BCUT2D eigenvalue weighted by molar-refractivity contribution is 5.84. The van der Waals surface area contributed by atoms with Crippen molar-refractivity contribution < 1.29 is 19.5 Å². The van der Waals surface area contributed by atoms with E-state index in [0.717, 1.165) is 49.4 Å². The first kappa shape index (κ1) is 17.4. The third kappa shape index (κ3) is 3.36. The van der Waals surface area contributed by atoms with Gasteiger partial charge in [-0.1, -0.05) is 12.1 Å². The molecule has 1 aliphatic rings. The number of para-hydroxylation sites is 2. The Morgan fingerprint density at radius 3 is 2.56 bits per heavy atom. The van der Waals surface area contributed by atoms with Gasteiger partial charge >= 0.3 is 5.63 Å². The SMILES string of the molecule is Cc1c(O)ccc2c(C[NH+]3CCN(c4ccccc4O)CC3)cc(=O)oc12. The molecule has 0 unspecified atom stereocenters. The third-order valence-corrected chi connectivity index (χ3v) is 5.35. The van der Waals surface area contributed by atoms with E-state index in [0.29, 0.717) is 16.9 Å². The Kier molecular flexibility index (Phi) is 4.49. The Morgan fingerprint density at radius 2 is 1.81 bits per heavy atom. The summed E-state index contributed by atoms with van der Waals surface area (Å²) in [6.07, 6.45) is 0. The first-order valence-electron chi connectivity index (χ1n) is 9.15. The molecule has 27 heavy (non-hydrogen) atoms. The van der Waals surface area contributed by atoms with Crippen LogP contribution in [-0.4, -0.2) is 36.4 Å². The number of quaternary nitrogens is 1. The highest BCUT2D eigenvalue weighted by atomic mass is 16.4. The predicted molar refractivity (Wildman–Crippen MR) is 104 cm³/mol. The number of fused-ring (bicyclic) bond motifs is 1. The van der Waals surface area contributed by atoms with Gasteiger partial charge in [0.05, 0.1) is 31.9 Å². The molecular formula is C21H23N2O4+. The van der Waals surface area contributed by atoms with E-state index in [1.165, 1.54) is 4.90 Å². The molecule has 6 nitrogen and oxygen atoms in total. The third-order valence-electron chi connectivity index (χ3n) is 5.35. The number of phenols is 2. The maximum atomic E-state index is 12.0. The van der Waals surface area contributed by atoms with Crippen LogP contribution in [-0.2, 0) is 6.54 Å². The number of rotatable bonds is 3. The Balaban J connectivity index is 1.54. The summed E-state index contributed by atoms with van der Waals surface area (Å²) in [7, 11) is 0. The van der Waals surface area contributed by atoms with Crippen molar-refractivity contribution in [3.63, 3.8) is 0 Å². The summed E-state index contributed by atoms with van der Waals surface area (Å²) in [5.41, 5.74) is 2.47. The highest BCUT2D eigenvalue weighted by Gasteiger charge is 2.23. The largest absolute Gasteiger partial charge is 0.508 e. The molecule has 0 saturated carbocycles. The van der Waals surface area contributed by atoms with E-state index < -0.39 is 5.63 Å². The van der Waals surface area contributed by atoms with Gasteiger partial charge in [-0.3, -0.25) is 0 Å². The van der Waals surface area contributed by atoms with E-state index in [9.17, 15) is 15.0 Å². The van der Waals surface area contributed by atoms with Gasteiger partial charge in [-0.25, -0.2) is 4.79 Å². The van der Waals surface area contributed by atoms with Gasteiger partial charge in [-0.2, -0.15) is 0 Å². The summed E-state index contributed by atoms with van der Waals surface area (Å²) >= 11 is 0. The number of hydrogen-bond acceptors (Lipinski definition) is 5. The number of nitrogens with one attached hydrogen (secondary N) is 1. The van der Waals surface area contributed by atoms with Crippen LogP contribution < -0.4 is 15.4 Å². The van der Waals surface area contributed by atoms with Gasteiger partial charge in [0.25, 0.3) is 0 Å². The minimum absolute atomic E-state index is 0.131. The molecule has 140 valence electrons. The van der Waals surface area contributed by atoms with Crippen molar-refractivity contribution in [2.24, 2.45) is 0 Å². The van der Waals surface area contributed by atoms with Crippen molar-refractivity contribution in [2.75, 3.05) is 31.1 Å². The van der Waals surface area contributed by atoms with Crippen LogP contribution >= 0.6 is 0 Å². The number of aromatic hydroxyl groups is 2. The fourth-order valence-electron chi connectivity index (χ4n) is 3.80. The van der Waals surface area contributed by atoms with Crippen LogP contribution in [0.3, 0.4) is 0 Å². The van der Waals surface area contributed by atoms with Gasteiger partial charge in [0.2, 0.25) is 0 Å². The molecule has 2 heterocycles. The summed E-state index contributed by atoms with van der Waals surface area (Å²) < 4.78 is 5.33. The van der Waals surface area contributed by atoms with E-state index in [1.54, 1.807) is 25.1 Å². The first-order valence-corrected chi connectivity index (χ1v) is 9.15. The molecule has 3 N–H and O–H groups in total. The molecule has 0 aliphatic carbocycles. The summed E-state index contributed by atoms with van der Waals surface area (Å²) in [5, 5.41) is 20.8. The molecular weight excluding hydrogens is 344 g/mol. The van der Waals surface area contributed by atoms with E-state index in [2.05, 4.69) is 4.90 Å². The molecule has 2 aromatic carbocycles. The number of anilines is 1. The number of hydrogen-bond donors (Lipinski definition) is 3. The number of phenolic OH excluding ortho intramolecular Hbond substituents is 2. The van der Waals surface area contributed by atoms with Gasteiger partial charge in [0.1, 0.15) is 23.6 Å². The van der Waals surface area contributed by atoms with Crippen LogP contribution in [0.2, 0.25) is 0 Å². The smallest absolute Gasteiger partial charge is 0.336 e. The number of aryl methyl sites for hydroxylation is 1. The zero-order chi connectivity index (χ0) is 19.0. The summed E-state index contributed by atoms with van der Waals surface area (Å²) in [5.74, 6) is 0.439. The second kappa shape index (κ2) is 6.96. The molecule has 1 aliphatic heterocycles. The van der Waals surface area contributed by atoms with Gasteiger partial charge in [0.15, 0.2) is 0 Å².